The third kappa shape index (κ3) is 5.41. The van der Waals surface area contributed by atoms with Crippen molar-refractivity contribution < 1.29 is 4.74 Å². The van der Waals surface area contributed by atoms with Crippen LogP contribution in [0, 0.1) is 5.92 Å². The lowest BCUT2D eigenvalue weighted by molar-refractivity contribution is 0.414. The number of anilines is 1. The quantitative estimate of drug-likeness (QED) is 0.423. The van der Waals surface area contributed by atoms with Gasteiger partial charge in [0.05, 0.1) is 19.3 Å². The lowest BCUT2D eigenvalue weighted by Gasteiger charge is -2.21. The van der Waals surface area contributed by atoms with E-state index in [0.29, 0.717) is 5.92 Å². The number of methoxy groups -OCH3 is 1. The molecule has 2 heterocycles. The van der Waals surface area contributed by atoms with E-state index in [0.717, 1.165) is 50.9 Å². The van der Waals surface area contributed by atoms with Gasteiger partial charge in [-0.05, 0) is 41.7 Å². The lowest BCUT2D eigenvalue weighted by Crippen LogP contribution is -2.40. The highest BCUT2D eigenvalue weighted by Gasteiger charge is 2.24. The summed E-state index contributed by atoms with van der Waals surface area (Å²) < 4.78 is 7.48. The predicted molar refractivity (Wildman–Crippen MR) is 129 cm³/mol. The molecule has 0 aliphatic carbocycles. The molecule has 1 saturated heterocycles. The van der Waals surface area contributed by atoms with Crippen LogP contribution in [0.3, 0.4) is 0 Å². The highest BCUT2D eigenvalue weighted by atomic mass is 16.5. The SMILES string of the molecule is CN=C(NCc1ccccc1Cn1cccn1)NCC1CCN(c2ccccc2OC)C1. The van der Waals surface area contributed by atoms with Crippen LogP contribution in [0.4, 0.5) is 5.69 Å². The van der Waals surface area contributed by atoms with Gasteiger partial charge in [0.1, 0.15) is 5.75 Å². The first kappa shape index (κ1) is 21.7. The molecule has 4 rings (SSSR count). The van der Waals surface area contributed by atoms with Crippen molar-refractivity contribution in [3.63, 3.8) is 0 Å². The molecular formula is C25H32N6O. The molecule has 7 heteroatoms. The maximum absolute atomic E-state index is 5.53. The highest BCUT2D eigenvalue weighted by molar-refractivity contribution is 5.79. The number of aliphatic imine (C=N–C) groups is 1. The predicted octanol–water partition coefficient (Wildman–Crippen LogP) is 3.13. The van der Waals surface area contributed by atoms with Gasteiger partial charge in [0.25, 0.3) is 0 Å². The summed E-state index contributed by atoms with van der Waals surface area (Å²) >= 11 is 0. The van der Waals surface area contributed by atoms with Gasteiger partial charge in [-0.15, -0.1) is 0 Å². The van der Waals surface area contributed by atoms with Crippen LogP contribution >= 0.6 is 0 Å². The number of rotatable bonds is 8. The fourth-order valence-electron chi connectivity index (χ4n) is 4.20. The van der Waals surface area contributed by atoms with Gasteiger partial charge >= 0.3 is 0 Å². The van der Waals surface area contributed by atoms with Gasteiger partial charge in [-0.25, -0.2) is 0 Å². The van der Waals surface area contributed by atoms with E-state index in [9.17, 15) is 0 Å². The van der Waals surface area contributed by atoms with Crippen LogP contribution in [0.15, 0.2) is 72.0 Å². The Morgan fingerprint density at radius 2 is 1.91 bits per heavy atom. The average molecular weight is 433 g/mol. The Kier molecular flexibility index (Phi) is 7.27. The van der Waals surface area contributed by atoms with Gasteiger partial charge < -0.3 is 20.3 Å². The third-order valence-electron chi connectivity index (χ3n) is 5.95. The van der Waals surface area contributed by atoms with Crippen LogP contribution in [0.1, 0.15) is 17.5 Å². The Balaban J connectivity index is 1.28. The number of hydrogen-bond acceptors (Lipinski definition) is 4. The number of ether oxygens (including phenoxy) is 1. The second-order valence-electron chi connectivity index (χ2n) is 8.05. The molecule has 1 atom stereocenters. The van der Waals surface area contributed by atoms with E-state index in [2.05, 4.69) is 62.0 Å². The van der Waals surface area contributed by atoms with Crippen molar-refractivity contribution in [2.24, 2.45) is 10.9 Å². The number of para-hydroxylation sites is 2. The van der Waals surface area contributed by atoms with Gasteiger partial charge in [0.15, 0.2) is 5.96 Å². The van der Waals surface area contributed by atoms with Crippen molar-refractivity contribution in [3.8, 4) is 5.75 Å². The van der Waals surface area contributed by atoms with Gasteiger partial charge in [-0.2, -0.15) is 5.10 Å². The number of aromatic nitrogens is 2. The maximum Gasteiger partial charge on any atom is 0.191 e. The minimum atomic E-state index is 0.561. The lowest BCUT2D eigenvalue weighted by atomic mass is 10.1. The molecule has 168 valence electrons. The first-order valence-electron chi connectivity index (χ1n) is 11.1. The van der Waals surface area contributed by atoms with Crippen LogP contribution < -0.4 is 20.3 Å². The molecule has 32 heavy (non-hydrogen) atoms. The third-order valence-corrected chi connectivity index (χ3v) is 5.95. The minimum absolute atomic E-state index is 0.561. The summed E-state index contributed by atoms with van der Waals surface area (Å²) in [6.45, 7) is 4.42. The first-order chi connectivity index (χ1) is 15.8. The molecule has 0 amide bonds. The van der Waals surface area contributed by atoms with Gasteiger partial charge in [0.2, 0.25) is 0 Å². The molecule has 1 unspecified atom stereocenters. The largest absolute Gasteiger partial charge is 0.495 e. The number of nitrogens with one attached hydrogen (secondary N) is 2. The number of hydrogen-bond donors (Lipinski definition) is 2. The Bertz CT molecular complexity index is 1020. The molecule has 1 fully saturated rings. The molecule has 1 aromatic heterocycles. The molecule has 2 N–H and O–H groups in total. The number of benzene rings is 2. The summed E-state index contributed by atoms with van der Waals surface area (Å²) in [6.07, 6.45) is 4.94. The first-order valence-corrected chi connectivity index (χ1v) is 11.1. The summed E-state index contributed by atoms with van der Waals surface area (Å²) in [5, 5.41) is 11.3. The van der Waals surface area contributed by atoms with Crippen LogP contribution in [0.2, 0.25) is 0 Å². The number of guanidine groups is 1. The van der Waals surface area contributed by atoms with Crippen molar-refractivity contribution >= 4 is 11.6 Å². The standard InChI is InChI=1S/C25H32N6O/c1-26-25(28-17-21-8-3-4-9-22(21)19-31-14-7-13-29-31)27-16-20-12-15-30(18-20)23-10-5-6-11-24(23)32-2/h3-11,13-14,20H,12,15-19H2,1-2H3,(H2,26,27,28). The van der Waals surface area contributed by atoms with E-state index < -0.39 is 0 Å². The van der Waals surface area contributed by atoms with Gasteiger partial charge in [-0.3, -0.25) is 9.67 Å². The number of nitrogens with zero attached hydrogens (tertiary/aromatic N) is 4. The molecule has 1 aliphatic rings. The zero-order chi connectivity index (χ0) is 22.2. The normalized spacial score (nSPS) is 16.2. The summed E-state index contributed by atoms with van der Waals surface area (Å²) in [5.41, 5.74) is 3.67. The van der Waals surface area contributed by atoms with E-state index in [4.69, 9.17) is 4.74 Å². The van der Waals surface area contributed by atoms with Crippen LogP contribution in [-0.4, -0.2) is 49.5 Å². The molecule has 0 saturated carbocycles. The van der Waals surface area contributed by atoms with E-state index in [-0.39, 0.29) is 0 Å². The molecule has 0 spiro atoms. The van der Waals surface area contributed by atoms with Crippen molar-refractivity contribution in [1.29, 1.82) is 0 Å². The van der Waals surface area contributed by atoms with Crippen molar-refractivity contribution in [2.45, 2.75) is 19.5 Å². The molecule has 0 bridgehead atoms. The highest BCUT2D eigenvalue weighted by Crippen LogP contribution is 2.31. The van der Waals surface area contributed by atoms with E-state index in [1.165, 1.54) is 16.8 Å². The summed E-state index contributed by atoms with van der Waals surface area (Å²) in [6, 6.07) is 18.6. The summed E-state index contributed by atoms with van der Waals surface area (Å²) in [5.74, 6) is 2.33. The summed E-state index contributed by atoms with van der Waals surface area (Å²) in [4.78, 5) is 6.83. The fourth-order valence-corrected chi connectivity index (χ4v) is 4.20. The Hall–Kier alpha value is -3.48. The Morgan fingerprint density at radius 3 is 2.69 bits per heavy atom. The van der Waals surface area contributed by atoms with Gasteiger partial charge in [-0.1, -0.05) is 36.4 Å². The Morgan fingerprint density at radius 1 is 1.09 bits per heavy atom. The van der Waals surface area contributed by atoms with Crippen molar-refractivity contribution in [1.82, 2.24) is 20.4 Å². The van der Waals surface area contributed by atoms with Crippen molar-refractivity contribution in [2.75, 3.05) is 38.7 Å². The second-order valence-corrected chi connectivity index (χ2v) is 8.05. The van der Waals surface area contributed by atoms with E-state index in [1.807, 2.05) is 42.3 Å². The maximum atomic E-state index is 5.53. The van der Waals surface area contributed by atoms with Crippen LogP contribution in [0.25, 0.3) is 0 Å². The zero-order valence-electron chi connectivity index (χ0n) is 18.9. The van der Waals surface area contributed by atoms with Crippen molar-refractivity contribution in [3.05, 3.63) is 78.1 Å². The zero-order valence-corrected chi connectivity index (χ0v) is 18.9. The molecular weight excluding hydrogens is 400 g/mol. The van der Waals surface area contributed by atoms with Crippen LogP contribution in [0.5, 0.6) is 5.75 Å². The summed E-state index contributed by atoms with van der Waals surface area (Å²) in [7, 11) is 3.55. The molecule has 1 aliphatic heterocycles. The second kappa shape index (κ2) is 10.7. The van der Waals surface area contributed by atoms with E-state index >= 15 is 0 Å². The minimum Gasteiger partial charge on any atom is -0.495 e. The fraction of sp³-hybridized carbons (Fsp3) is 0.360. The monoisotopic (exact) mass is 432 g/mol. The smallest absolute Gasteiger partial charge is 0.191 e. The van der Waals surface area contributed by atoms with Gasteiger partial charge in [0, 0.05) is 45.6 Å². The molecule has 0 radical (unpaired) electrons. The van der Waals surface area contributed by atoms with Crippen LogP contribution in [-0.2, 0) is 13.1 Å². The molecule has 2 aromatic carbocycles. The molecule has 3 aromatic rings. The molecule has 7 nitrogen and oxygen atoms in total. The Labute approximate surface area is 190 Å². The average Bonchev–Trinajstić information content (AvgIpc) is 3.52. The van der Waals surface area contributed by atoms with E-state index in [1.54, 1.807) is 7.11 Å². The topological polar surface area (TPSA) is 66.7 Å².